The molecule has 5 heteroatoms. The number of para-hydroxylation sites is 1. The molecule has 0 aliphatic carbocycles. The zero-order valence-electron chi connectivity index (χ0n) is 17.5. The van der Waals surface area contributed by atoms with E-state index in [1.165, 1.54) is 22.2 Å². The number of fused-ring (bicyclic) bond motifs is 1. The smallest absolute Gasteiger partial charge is 0.239 e. The Labute approximate surface area is 177 Å². The summed E-state index contributed by atoms with van der Waals surface area (Å²) in [5, 5.41) is 6.93. The fraction of sp³-hybridized carbons (Fsp3) is 0.458. The summed E-state index contributed by atoms with van der Waals surface area (Å²) >= 11 is 1.78. The van der Waals surface area contributed by atoms with E-state index < -0.39 is 0 Å². The summed E-state index contributed by atoms with van der Waals surface area (Å²) in [6, 6.07) is 12.5. The van der Waals surface area contributed by atoms with Gasteiger partial charge in [-0.3, -0.25) is 4.79 Å². The van der Waals surface area contributed by atoms with Crippen molar-refractivity contribution in [1.82, 2.24) is 15.2 Å². The van der Waals surface area contributed by atoms with Crippen LogP contribution in [0.1, 0.15) is 43.6 Å². The van der Waals surface area contributed by atoms with Gasteiger partial charge in [0.25, 0.3) is 0 Å². The van der Waals surface area contributed by atoms with Gasteiger partial charge in [0, 0.05) is 47.5 Å². The summed E-state index contributed by atoms with van der Waals surface area (Å²) in [7, 11) is 0. The average molecular weight is 410 g/mol. The van der Waals surface area contributed by atoms with E-state index in [1.54, 1.807) is 11.3 Å². The van der Waals surface area contributed by atoms with Crippen molar-refractivity contribution in [2.75, 3.05) is 19.6 Å². The summed E-state index contributed by atoms with van der Waals surface area (Å²) in [6.45, 7) is 9.01. The largest absolute Gasteiger partial charge is 0.361 e. The Balaban J connectivity index is 1.49. The number of likely N-dealkylation sites (tertiary alicyclic amines) is 1. The van der Waals surface area contributed by atoms with Gasteiger partial charge in [-0.2, -0.15) is 0 Å². The molecule has 29 heavy (non-hydrogen) atoms. The SMILES string of the molecule is C[C@@H]1C[C@H](C)CN(C(=O)[C@@H](C)NC[C@@H](c2cccs2)c2c[nH]c3ccccc23)C1. The number of H-pyrrole nitrogens is 1. The van der Waals surface area contributed by atoms with Crippen LogP contribution < -0.4 is 5.32 Å². The fourth-order valence-electron chi connectivity index (χ4n) is 4.73. The molecule has 0 saturated carbocycles. The molecule has 0 spiro atoms. The van der Waals surface area contributed by atoms with E-state index in [1.807, 2.05) is 6.92 Å². The van der Waals surface area contributed by atoms with E-state index >= 15 is 0 Å². The Morgan fingerprint density at radius 3 is 2.69 bits per heavy atom. The molecule has 4 nitrogen and oxygen atoms in total. The van der Waals surface area contributed by atoms with Crippen LogP contribution in [-0.4, -0.2) is 41.5 Å². The van der Waals surface area contributed by atoms with Crippen LogP contribution in [0, 0.1) is 11.8 Å². The zero-order chi connectivity index (χ0) is 20.4. The third-order valence-electron chi connectivity index (χ3n) is 6.06. The van der Waals surface area contributed by atoms with E-state index in [-0.39, 0.29) is 17.9 Å². The van der Waals surface area contributed by atoms with Gasteiger partial charge in [-0.15, -0.1) is 11.3 Å². The molecular weight excluding hydrogens is 378 g/mol. The number of aromatic nitrogens is 1. The minimum absolute atomic E-state index is 0.180. The van der Waals surface area contributed by atoms with Gasteiger partial charge in [0.2, 0.25) is 5.91 Å². The highest BCUT2D eigenvalue weighted by Crippen LogP contribution is 2.33. The Hall–Kier alpha value is -2.11. The summed E-state index contributed by atoms with van der Waals surface area (Å²) in [5.74, 6) is 1.62. The summed E-state index contributed by atoms with van der Waals surface area (Å²) < 4.78 is 0. The molecule has 1 saturated heterocycles. The molecule has 4 atom stereocenters. The Bertz CT molecular complexity index is 938. The predicted molar refractivity (Wildman–Crippen MR) is 121 cm³/mol. The van der Waals surface area contributed by atoms with Crippen LogP contribution >= 0.6 is 11.3 Å². The average Bonchev–Trinajstić information content (AvgIpc) is 3.37. The second kappa shape index (κ2) is 8.72. The third kappa shape index (κ3) is 4.41. The lowest BCUT2D eigenvalue weighted by molar-refractivity contribution is -0.135. The van der Waals surface area contributed by atoms with Crippen LogP contribution in [0.5, 0.6) is 0 Å². The first-order valence-electron chi connectivity index (χ1n) is 10.6. The molecule has 3 aromatic rings. The van der Waals surface area contributed by atoms with Gasteiger partial charge in [-0.1, -0.05) is 38.1 Å². The molecular formula is C24H31N3OS. The lowest BCUT2D eigenvalue weighted by Gasteiger charge is -2.36. The minimum atomic E-state index is -0.180. The van der Waals surface area contributed by atoms with Crippen LogP contribution in [0.25, 0.3) is 10.9 Å². The summed E-state index contributed by atoms with van der Waals surface area (Å²) in [5.41, 5.74) is 2.44. The van der Waals surface area contributed by atoms with E-state index in [2.05, 4.69) is 77.0 Å². The lowest BCUT2D eigenvalue weighted by Crippen LogP contribution is -2.50. The molecule has 2 N–H and O–H groups in total. The highest BCUT2D eigenvalue weighted by Gasteiger charge is 2.29. The topological polar surface area (TPSA) is 48.1 Å². The van der Waals surface area contributed by atoms with Gasteiger partial charge in [-0.05, 0) is 48.3 Å². The van der Waals surface area contributed by atoms with Crippen molar-refractivity contribution in [3.63, 3.8) is 0 Å². The Morgan fingerprint density at radius 1 is 1.21 bits per heavy atom. The number of thiophene rings is 1. The zero-order valence-corrected chi connectivity index (χ0v) is 18.3. The number of hydrogen-bond donors (Lipinski definition) is 2. The van der Waals surface area contributed by atoms with Crippen LogP contribution in [0.3, 0.4) is 0 Å². The van der Waals surface area contributed by atoms with E-state index in [4.69, 9.17) is 0 Å². The number of aromatic amines is 1. The Morgan fingerprint density at radius 2 is 1.97 bits per heavy atom. The Kier molecular flexibility index (Phi) is 6.07. The van der Waals surface area contributed by atoms with Crippen molar-refractivity contribution >= 4 is 28.1 Å². The number of benzene rings is 1. The molecule has 1 amide bonds. The molecule has 4 rings (SSSR count). The van der Waals surface area contributed by atoms with Crippen molar-refractivity contribution < 1.29 is 4.79 Å². The molecule has 1 aromatic carbocycles. The van der Waals surface area contributed by atoms with Crippen molar-refractivity contribution in [1.29, 1.82) is 0 Å². The maximum atomic E-state index is 13.0. The maximum absolute atomic E-state index is 13.0. The third-order valence-corrected chi connectivity index (χ3v) is 7.05. The second-order valence-electron chi connectivity index (χ2n) is 8.68. The van der Waals surface area contributed by atoms with Gasteiger partial charge in [0.1, 0.15) is 0 Å². The molecule has 1 aliphatic rings. The molecule has 3 heterocycles. The maximum Gasteiger partial charge on any atom is 0.239 e. The quantitative estimate of drug-likeness (QED) is 0.612. The number of hydrogen-bond acceptors (Lipinski definition) is 3. The summed E-state index contributed by atoms with van der Waals surface area (Å²) in [6.07, 6.45) is 3.34. The molecule has 2 aromatic heterocycles. The molecule has 0 unspecified atom stereocenters. The normalized spacial score (nSPS) is 22.0. The first-order valence-corrected chi connectivity index (χ1v) is 11.5. The van der Waals surface area contributed by atoms with Gasteiger partial charge >= 0.3 is 0 Å². The number of carbonyl (C=O) groups excluding carboxylic acids is 1. The van der Waals surface area contributed by atoms with Crippen LogP contribution in [0.2, 0.25) is 0 Å². The van der Waals surface area contributed by atoms with Crippen LogP contribution in [0.4, 0.5) is 0 Å². The van der Waals surface area contributed by atoms with Crippen LogP contribution in [-0.2, 0) is 4.79 Å². The van der Waals surface area contributed by atoms with Crippen molar-refractivity contribution in [3.05, 3.63) is 58.4 Å². The van der Waals surface area contributed by atoms with Gasteiger partial charge < -0.3 is 15.2 Å². The van der Waals surface area contributed by atoms with Gasteiger partial charge in [0.05, 0.1) is 6.04 Å². The van der Waals surface area contributed by atoms with E-state index in [0.717, 1.165) is 25.2 Å². The standard InChI is InChI=1S/C24H31N3OS/c1-16-11-17(2)15-27(14-16)24(28)18(3)25-13-21(23-9-6-10-29-23)20-12-26-22-8-5-4-7-19(20)22/h4-10,12,16-18,21,25-26H,11,13-15H2,1-3H3/t16-,17+,18-,21-/m1/s1. The first kappa shape index (κ1) is 20.2. The number of nitrogens with one attached hydrogen (secondary N) is 2. The monoisotopic (exact) mass is 409 g/mol. The molecule has 0 bridgehead atoms. The van der Waals surface area contributed by atoms with Crippen LogP contribution in [0.15, 0.2) is 48.0 Å². The summed E-state index contributed by atoms with van der Waals surface area (Å²) in [4.78, 5) is 19.8. The fourth-order valence-corrected chi connectivity index (χ4v) is 5.58. The second-order valence-corrected chi connectivity index (χ2v) is 9.66. The van der Waals surface area contributed by atoms with E-state index in [0.29, 0.717) is 11.8 Å². The molecule has 1 aliphatic heterocycles. The van der Waals surface area contributed by atoms with Gasteiger partial charge in [-0.25, -0.2) is 0 Å². The number of amides is 1. The molecule has 0 radical (unpaired) electrons. The van der Waals surface area contributed by atoms with Gasteiger partial charge in [0.15, 0.2) is 0 Å². The number of carbonyl (C=O) groups is 1. The minimum Gasteiger partial charge on any atom is -0.361 e. The highest BCUT2D eigenvalue weighted by atomic mass is 32.1. The van der Waals surface area contributed by atoms with Crippen molar-refractivity contribution in [2.24, 2.45) is 11.8 Å². The molecule has 1 fully saturated rings. The van der Waals surface area contributed by atoms with E-state index in [9.17, 15) is 4.79 Å². The van der Waals surface area contributed by atoms with Crippen molar-refractivity contribution in [2.45, 2.75) is 39.2 Å². The van der Waals surface area contributed by atoms with Crippen molar-refractivity contribution in [3.8, 4) is 0 Å². The number of rotatable bonds is 6. The number of piperidine rings is 1. The highest BCUT2D eigenvalue weighted by molar-refractivity contribution is 7.10. The number of nitrogens with zero attached hydrogens (tertiary/aromatic N) is 1. The predicted octanol–water partition coefficient (Wildman–Crippen LogP) is 4.84. The lowest BCUT2D eigenvalue weighted by atomic mass is 9.91. The first-order chi connectivity index (χ1) is 14.0. The molecule has 154 valence electrons.